The molecule has 2 atom stereocenters. The zero-order valence-corrected chi connectivity index (χ0v) is 29.3. The van der Waals surface area contributed by atoms with E-state index in [9.17, 15) is 9.90 Å². The summed E-state index contributed by atoms with van der Waals surface area (Å²) in [6.45, 7) is 10.3. The standard InChI is InChI=1S/C40H49N5O4/c1-26(2)31-8-5-6-9-32(31)34-10-7-16-44(34)30-22-40(23-30)14-18-42(19-15-40)29-11-12-33(39(47)48-4)35(21-29)45-24-27(3)49-38-36(45)20-28-13-17-43(25-46)37(28)41-38/h5-6,8-9,11-13,17,20-21,26-27,30,34,46H,7,10,14-16,18-19,22-25H2,1-4H3/t27-,34+/m1/s1. The fourth-order valence-electron chi connectivity index (χ4n) is 9.24. The van der Waals surface area contributed by atoms with E-state index < -0.39 is 0 Å². The zero-order valence-electron chi connectivity index (χ0n) is 29.3. The second kappa shape index (κ2) is 12.7. The van der Waals surface area contributed by atoms with Crippen LogP contribution in [-0.4, -0.2) is 71.0 Å². The van der Waals surface area contributed by atoms with Crippen LogP contribution in [-0.2, 0) is 11.5 Å². The largest absolute Gasteiger partial charge is 0.471 e. The van der Waals surface area contributed by atoms with Crippen molar-refractivity contribution >= 4 is 34.1 Å². The van der Waals surface area contributed by atoms with Crippen LogP contribution >= 0.6 is 0 Å². The molecule has 49 heavy (non-hydrogen) atoms. The Hall–Kier alpha value is -4.08. The Balaban J connectivity index is 1.01. The minimum atomic E-state index is -0.364. The molecular formula is C40H49N5O4. The monoisotopic (exact) mass is 663 g/mol. The van der Waals surface area contributed by atoms with Gasteiger partial charge >= 0.3 is 5.97 Å². The van der Waals surface area contributed by atoms with Crippen LogP contribution in [0.5, 0.6) is 5.88 Å². The Morgan fingerprint density at radius 3 is 2.61 bits per heavy atom. The average Bonchev–Trinajstić information content (AvgIpc) is 3.75. The van der Waals surface area contributed by atoms with Gasteiger partial charge in [0.2, 0.25) is 5.88 Å². The van der Waals surface area contributed by atoms with E-state index in [-0.39, 0.29) is 18.8 Å². The summed E-state index contributed by atoms with van der Waals surface area (Å²) < 4.78 is 13.1. The number of aliphatic hydroxyl groups excluding tert-OH is 1. The molecule has 9 heteroatoms. The Kier molecular flexibility index (Phi) is 8.31. The molecular weight excluding hydrogens is 614 g/mol. The Morgan fingerprint density at radius 1 is 1.06 bits per heavy atom. The molecule has 0 amide bonds. The number of carbonyl (C=O) groups excluding carboxylic acids is 1. The van der Waals surface area contributed by atoms with Crippen molar-refractivity contribution in [2.24, 2.45) is 5.41 Å². The molecule has 2 saturated heterocycles. The number of anilines is 3. The van der Waals surface area contributed by atoms with Gasteiger partial charge in [0.15, 0.2) is 0 Å². The maximum absolute atomic E-state index is 13.1. The summed E-state index contributed by atoms with van der Waals surface area (Å²) in [6.07, 6.45) is 9.22. The third-order valence-corrected chi connectivity index (χ3v) is 11.8. The molecule has 0 unspecified atom stereocenters. The topological polar surface area (TPSA) is 83.3 Å². The summed E-state index contributed by atoms with van der Waals surface area (Å²) in [6, 6.07) is 20.5. The molecule has 3 aliphatic heterocycles. The summed E-state index contributed by atoms with van der Waals surface area (Å²) in [7, 11) is 1.43. The normalized spacial score (nSPS) is 22.4. The third-order valence-electron chi connectivity index (χ3n) is 11.8. The van der Waals surface area contributed by atoms with Gasteiger partial charge in [0, 0.05) is 42.4 Å². The molecule has 0 radical (unpaired) electrons. The number of nitrogens with zero attached hydrogens (tertiary/aromatic N) is 5. The van der Waals surface area contributed by atoms with Gasteiger partial charge in [0.1, 0.15) is 24.2 Å². The van der Waals surface area contributed by atoms with Crippen LogP contribution in [0.3, 0.4) is 0 Å². The molecule has 1 spiro atoms. The molecule has 3 fully saturated rings. The number of pyridine rings is 1. The number of esters is 1. The number of fused-ring (bicyclic) bond motifs is 2. The molecule has 1 N–H and O–H groups in total. The van der Waals surface area contributed by atoms with Crippen LogP contribution in [0.15, 0.2) is 60.8 Å². The number of aliphatic hydroxyl groups is 1. The number of aromatic nitrogens is 2. The minimum Gasteiger partial charge on any atom is -0.471 e. The lowest BCUT2D eigenvalue weighted by molar-refractivity contribution is -0.0227. The number of hydrogen-bond donors (Lipinski definition) is 1. The predicted molar refractivity (Wildman–Crippen MR) is 193 cm³/mol. The third kappa shape index (κ3) is 5.65. The first-order valence-electron chi connectivity index (χ1n) is 18.1. The van der Waals surface area contributed by atoms with Crippen molar-refractivity contribution in [3.05, 3.63) is 77.5 Å². The number of hydrogen-bond acceptors (Lipinski definition) is 8. The van der Waals surface area contributed by atoms with E-state index >= 15 is 0 Å². The van der Waals surface area contributed by atoms with Crippen molar-refractivity contribution in [2.75, 3.05) is 43.1 Å². The van der Waals surface area contributed by atoms with Gasteiger partial charge in [-0.15, -0.1) is 0 Å². The molecule has 4 aliphatic rings. The first kappa shape index (κ1) is 32.1. The van der Waals surface area contributed by atoms with Gasteiger partial charge in [-0.3, -0.25) is 4.90 Å². The zero-order chi connectivity index (χ0) is 33.9. The van der Waals surface area contributed by atoms with Crippen molar-refractivity contribution in [3.8, 4) is 5.88 Å². The maximum atomic E-state index is 13.1. The fourth-order valence-corrected chi connectivity index (χ4v) is 9.24. The summed E-state index contributed by atoms with van der Waals surface area (Å²) in [4.78, 5) is 25.4. The highest BCUT2D eigenvalue weighted by Gasteiger charge is 2.50. The highest BCUT2D eigenvalue weighted by Crippen LogP contribution is 2.54. The quantitative estimate of drug-likeness (QED) is 0.205. The first-order valence-corrected chi connectivity index (χ1v) is 18.1. The Morgan fingerprint density at radius 2 is 1.86 bits per heavy atom. The highest BCUT2D eigenvalue weighted by atomic mass is 16.5. The van der Waals surface area contributed by atoms with Gasteiger partial charge < -0.3 is 28.9 Å². The van der Waals surface area contributed by atoms with E-state index in [4.69, 9.17) is 14.5 Å². The van der Waals surface area contributed by atoms with Crippen molar-refractivity contribution in [1.29, 1.82) is 0 Å². The van der Waals surface area contributed by atoms with Crippen molar-refractivity contribution in [3.63, 3.8) is 0 Å². The van der Waals surface area contributed by atoms with Gasteiger partial charge in [-0.2, -0.15) is 4.98 Å². The van der Waals surface area contributed by atoms with Crippen LogP contribution in [0.25, 0.3) is 11.0 Å². The van der Waals surface area contributed by atoms with Gasteiger partial charge in [-0.25, -0.2) is 4.79 Å². The van der Waals surface area contributed by atoms with Crippen LogP contribution in [0.2, 0.25) is 0 Å². The van der Waals surface area contributed by atoms with Crippen LogP contribution in [0.1, 0.15) is 92.7 Å². The molecule has 4 aromatic rings. The van der Waals surface area contributed by atoms with E-state index in [1.165, 1.54) is 57.7 Å². The van der Waals surface area contributed by atoms with Gasteiger partial charge in [-0.1, -0.05) is 38.1 Å². The number of piperidine rings is 1. The van der Waals surface area contributed by atoms with Crippen LogP contribution < -0.4 is 14.5 Å². The fraction of sp³-hybridized carbons (Fsp3) is 0.500. The highest BCUT2D eigenvalue weighted by molar-refractivity contribution is 5.99. The second-order valence-electron chi connectivity index (χ2n) is 15.1. The lowest BCUT2D eigenvalue weighted by Gasteiger charge is -2.56. The maximum Gasteiger partial charge on any atom is 0.339 e. The van der Waals surface area contributed by atoms with Crippen molar-refractivity contribution in [1.82, 2.24) is 14.5 Å². The number of ether oxygens (including phenoxy) is 2. The van der Waals surface area contributed by atoms with Crippen LogP contribution in [0.4, 0.5) is 17.1 Å². The molecule has 2 aromatic heterocycles. The van der Waals surface area contributed by atoms with Gasteiger partial charge in [-0.05, 0) is 105 Å². The van der Waals surface area contributed by atoms with E-state index in [1.54, 1.807) is 10.1 Å². The minimum absolute atomic E-state index is 0.153. The molecule has 258 valence electrons. The second-order valence-corrected chi connectivity index (χ2v) is 15.1. The summed E-state index contributed by atoms with van der Waals surface area (Å²) in [5, 5.41) is 10.7. The lowest BCUT2D eigenvalue weighted by atomic mass is 9.59. The SMILES string of the molecule is COC(=O)c1ccc(N2CCC3(CC2)CC(N2CCC[C@H]2c2ccccc2C(C)C)C3)cc1N1C[C@@H](C)Oc2nc3c(ccn3CO)cc21. The number of carbonyl (C=O) groups is 1. The van der Waals surface area contributed by atoms with E-state index in [0.29, 0.717) is 47.1 Å². The average molecular weight is 664 g/mol. The first-order chi connectivity index (χ1) is 23.8. The van der Waals surface area contributed by atoms with E-state index in [0.717, 1.165) is 35.5 Å². The van der Waals surface area contributed by atoms with Crippen molar-refractivity contribution < 1.29 is 19.4 Å². The molecule has 5 heterocycles. The molecule has 8 rings (SSSR count). The molecule has 1 aliphatic carbocycles. The predicted octanol–water partition coefficient (Wildman–Crippen LogP) is 7.40. The smallest absolute Gasteiger partial charge is 0.339 e. The summed E-state index contributed by atoms with van der Waals surface area (Å²) in [5.74, 6) is 0.678. The summed E-state index contributed by atoms with van der Waals surface area (Å²) in [5.41, 5.74) is 7.41. The van der Waals surface area contributed by atoms with Gasteiger partial charge in [0.25, 0.3) is 0 Å². The molecule has 2 aromatic carbocycles. The number of methoxy groups -OCH3 is 1. The number of rotatable bonds is 7. The number of likely N-dealkylation sites (tertiary alicyclic amines) is 1. The van der Waals surface area contributed by atoms with Crippen molar-refractivity contribution in [2.45, 2.75) is 90.1 Å². The van der Waals surface area contributed by atoms with E-state index in [1.807, 2.05) is 31.3 Å². The summed E-state index contributed by atoms with van der Waals surface area (Å²) >= 11 is 0. The van der Waals surface area contributed by atoms with Gasteiger partial charge in [0.05, 0.1) is 24.9 Å². The molecule has 9 nitrogen and oxygen atoms in total. The molecule has 1 saturated carbocycles. The van der Waals surface area contributed by atoms with E-state index in [2.05, 4.69) is 64.9 Å². The Labute approximate surface area is 289 Å². The Bertz CT molecular complexity index is 1850. The lowest BCUT2D eigenvalue weighted by Crippen LogP contribution is -2.55. The van der Waals surface area contributed by atoms with Crippen LogP contribution in [0, 0.1) is 5.41 Å². The molecule has 0 bridgehead atoms. The number of benzene rings is 2.